The van der Waals surface area contributed by atoms with Crippen molar-refractivity contribution >= 4 is 151 Å². The van der Waals surface area contributed by atoms with Gasteiger partial charge in [-0.1, -0.05) is 128 Å². The van der Waals surface area contributed by atoms with Gasteiger partial charge in [0.25, 0.3) is 11.8 Å². The summed E-state index contributed by atoms with van der Waals surface area (Å²) in [5, 5.41) is 26.8. The summed E-state index contributed by atoms with van der Waals surface area (Å²) in [7, 11) is -4.69. The highest BCUT2D eigenvalue weighted by Gasteiger charge is 2.51. The molecule has 0 bridgehead atoms. The molecule has 0 atom stereocenters. The number of aromatic carboxylic acids is 1. The fourth-order valence-corrected chi connectivity index (χ4v) is 21.2. The molecule has 8 aromatic heterocycles. The second-order valence-corrected chi connectivity index (χ2v) is 36.6. The number of hydrogen-bond donors (Lipinski definition) is 4. The highest BCUT2D eigenvalue weighted by atomic mass is 35.5. The van der Waals surface area contributed by atoms with Gasteiger partial charge in [-0.15, -0.1) is 0 Å². The Labute approximate surface area is 739 Å². The minimum atomic E-state index is -3.57. The number of rotatable bonds is 29. The Hall–Kier alpha value is -7.95. The zero-order chi connectivity index (χ0) is 84.6. The minimum Gasteiger partial charge on any atom is -0.870 e. The maximum atomic E-state index is 13.9. The van der Waals surface area contributed by atoms with Crippen LogP contribution in [0.25, 0.3) is 0 Å². The molecule has 666 valence electrons. The summed E-state index contributed by atoms with van der Waals surface area (Å²) in [5.41, 5.74) is 6.46. The van der Waals surface area contributed by atoms with Crippen molar-refractivity contribution in [2.24, 2.45) is 23.7 Å². The number of ketones is 1. The van der Waals surface area contributed by atoms with E-state index in [0.717, 1.165) is 30.6 Å². The summed E-state index contributed by atoms with van der Waals surface area (Å²) in [6.45, 7) is 7.62. The van der Waals surface area contributed by atoms with Gasteiger partial charge in [-0.25, -0.2) is 57.5 Å². The zero-order valence-corrected chi connectivity index (χ0v) is 73.9. The fraction of sp³-hybridized carbons (Fsp3) is 0.421. The number of halogens is 8. The van der Waals surface area contributed by atoms with Crippen LogP contribution in [0, 0.1) is 29.1 Å². The number of carbonyl (C=O) groups excluding carboxylic acids is 3. The molecule has 45 heteroatoms. The Balaban J connectivity index is 0.000000400. The van der Waals surface area contributed by atoms with Crippen molar-refractivity contribution in [1.29, 1.82) is 5.41 Å². The highest BCUT2D eigenvalue weighted by Crippen LogP contribution is 2.82. The summed E-state index contributed by atoms with van der Waals surface area (Å²) in [6.07, 6.45) is 28.2. The van der Waals surface area contributed by atoms with Gasteiger partial charge in [-0.2, -0.15) is 4.73 Å². The van der Waals surface area contributed by atoms with E-state index in [2.05, 4.69) is 34.9 Å². The largest absolute Gasteiger partial charge is 0.870 e. The number of nitrogens with one attached hydrogen (secondary N) is 4. The SMILES string of the molecule is C.C.CCCP1(=O)OP(=O)(CCC)OP(=O)(CCC)O1.COc1cnc(C(=O)Cc2c(Cl)c[nH+]cc2Cl)cc1OCC1CC1.COc1cnc(C(=O)N(C(=O)c2cc(OCC3CC3)c(OC)cn2)c2c(Cl)c[nH+]cc2Cl)cc1OCC1CC1.COc1cnc(C(=O)O)cc1OCC1CC1.N=c1c(Cl)cn(O)cc1Cl.Nc1c(Cl)c[nH+]cc1Cl.[OH-].[OH-].[OH-]. The first-order valence-electron chi connectivity index (χ1n) is 36.2. The van der Waals surface area contributed by atoms with Crippen LogP contribution >= 0.6 is 116 Å². The van der Waals surface area contributed by atoms with Gasteiger partial charge in [0.1, 0.15) is 52.9 Å². The minimum absolute atomic E-state index is 0. The normalized spacial score (nSPS) is 16.9. The van der Waals surface area contributed by atoms with Crippen LogP contribution in [-0.2, 0) is 33.0 Å². The maximum Gasteiger partial charge on any atom is 0.354 e. The number of aromatic nitrogens is 8. The number of nitrogens with zero attached hydrogens (tertiary/aromatic N) is 6. The van der Waals surface area contributed by atoms with Crippen LogP contribution < -0.4 is 68.8 Å². The molecule has 1 aliphatic heterocycles. The molecule has 34 nitrogen and oxygen atoms in total. The lowest BCUT2D eigenvalue weighted by Gasteiger charge is -2.33. The number of Topliss-reactive ketones (excluding diaryl/α,β-unsaturated/α-hetero) is 1. The maximum absolute atomic E-state index is 13.9. The highest BCUT2D eigenvalue weighted by molar-refractivity contribution is 7.80. The number of nitrogen functional groups attached to an aromatic ring is 1. The molecule has 5 fully saturated rings. The number of carboxylic acids is 1. The lowest BCUT2D eigenvalue weighted by Crippen LogP contribution is -2.39. The number of nitrogens with two attached hydrogens (primary N) is 1. The van der Waals surface area contributed by atoms with Gasteiger partial charge in [0.2, 0.25) is 0 Å². The number of methoxy groups -OCH3 is 4. The van der Waals surface area contributed by atoms with E-state index in [1.807, 2.05) is 0 Å². The van der Waals surface area contributed by atoms with Crippen LogP contribution in [0.15, 0.2) is 98.6 Å². The third-order valence-electron chi connectivity index (χ3n) is 16.8. The summed E-state index contributed by atoms with van der Waals surface area (Å²) < 4.78 is 97.0. The number of anilines is 2. The fourth-order valence-electron chi connectivity index (χ4n) is 9.96. The third kappa shape index (κ3) is 32.6. The lowest BCUT2D eigenvalue weighted by molar-refractivity contribution is -0.378. The number of amides is 2. The smallest absolute Gasteiger partial charge is 0.354 e. The van der Waals surface area contributed by atoms with Crippen LogP contribution in [-0.4, -0.2) is 148 Å². The lowest BCUT2D eigenvalue weighted by atomic mass is 10.1. The molecule has 8 aromatic rings. The van der Waals surface area contributed by atoms with Crippen molar-refractivity contribution < 1.29 is 125 Å². The van der Waals surface area contributed by atoms with E-state index in [-0.39, 0.29) is 110 Å². The van der Waals surface area contributed by atoms with E-state index in [9.17, 15) is 32.9 Å². The molecule has 5 aliphatic rings. The molecule has 4 aliphatic carbocycles. The molecular formula is C76H98Cl8N11O23P3. The monoisotopic (exact) mass is 1910 g/mol. The number of ether oxygens (including phenoxy) is 8. The molecule has 13 rings (SSSR count). The molecule has 9 heterocycles. The van der Waals surface area contributed by atoms with Gasteiger partial charge in [0, 0.05) is 36.2 Å². The molecule has 121 heavy (non-hydrogen) atoms. The predicted octanol–water partition coefficient (Wildman–Crippen LogP) is 18.2. The Morgan fingerprint density at radius 3 is 1.05 bits per heavy atom. The van der Waals surface area contributed by atoms with E-state index in [4.69, 9.17) is 165 Å². The zero-order valence-electron chi connectivity index (χ0n) is 65.2. The van der Waals surface area contributed by atoms with Crippen molar-refractivity contribution in [1.82, 2.24) is 24.7 Å². The summed E-state index contributed by atoms with van der Waals surface area (Å²) in [4.78, 5) is 76.7. The van der Waals surface area contributed by atoms with Crippen LogP contribution in [0.3, 0.4) is 0 Å². The predicted molar refractivity (Wildman–Crippen MR) is 454 cm³/mol. The van der Waals surface area contributed by atoms with Gasteiger partial charge in [0.05, 0.1) is 132 Å². The average Bonchev–Trinajstić information content (AvgIpc) is 1.55. The van der Waals surface area contributed by atoms with Crippen molar-refractivity contribution in [3.8, 4) is 46.0 Å². The first kappa shape index (κ1) is 107. The molecule has 11 N–H and O–H groups in total. The molecule has 0 aromatic carbocycles. The van der Waals surface area contributed by atoms with Crippen LogP contribution in [0.5, 0.6) is 46.0 Å². The van der Waals surface area contributed by atoms with E-state index in [0.29, 0.717) is 157 Å². The van der Waals surface area contributed by atoms with Crippen molar-refractivity contribution in [2.75, 3.05) is 84.0 Å². The molecule has 0 spiro atoms. The standard InChI is InChI=1S/C27H26Cl2N4O6.C17H16Cl2N2O3.C11H13NO4.C9H21O6P3.C5H4Cl2N2O.C5H4Cl2N2.2CH4.3H2O/c1-36-23-11-31-19(7-21(23)38-13-15-3-4-15)26(34)33(25-17(28)9-30-10-18(25)29)27(35)20-8-22(24(37-2)12-32-20)39-14-16-5-6-16;1-23-17-8-21-14(5-16(17)24-9-10-2-3-10)15(22)4-11-12(18)6-20-7-13(11)19;1-15-10-5-12-8(11(13)14)4-9(10)16-6-7-2-3-7;1-4-7-16(10)13-17(11,8-5-2)15-18(12,14-16)9-6-3;6-3-1-9(10)2-4(7)5(3)8;6-3-1-9-2-4(7)5(3)8;;;;;/h7-12,15-16H,3-6,13-14H2,1-2H3;5-8,10H,2-4,9H2,1H3;4-5,7H,2-3,6H2,1H3,(H,13,14);4-9H2,1-3H3;1-2,8,10H;1-2H,(H2,8,9);2*1H4;3*1H2. The van der Waals surface area contributed by atoms with E-state index in [1.54, 1.807) is 58.7 Å². The molecular weight excluding hydrogens is 1810 g/mol. The number of carbonyl (C=O) groups is 4. The first-order chi connectivity index (χ1) is 55.3. The number of pyridine rings is 8. The molecule has 0 radical (unpaired) electrons. The second-order valence-electron chi connectivity index (χ2n) is 26.4. The Morgan fingerprint density at radius 1 is 0.479 bits per heavy atom. The molecule has 4 saturated carbocycles. The van der Waals surface area contributed by atoms with Gasteiger partial charge in [0.15, 0.2) is 94.7 Å². The summed E-state index contributed by atoms with van der Waals surface area (Å²) in [6, 6.07) is 5.88. The number of imide groups is 1. The number of aromatic amines is 3. The van der Waals surface area contributed by atoms with Gasteiger partial charge in [-0.3, -0.25) is 33.5 Å². The van der Waals surface area contributed by atoms with E-state index < -0.39 is 40.6 Å². The van der Waals surface area contributed by atoms with Crippen molar-refractivity contribution in [3.05, 3.63) is 173 Å². The quantitative estimate of drug-likeness (QED) is 0.0146. The van der Waals surface area contributed by atoms with Crippen LogP contribution in [0.4, 0.5) is 11.4 Å². The molecule has 2 amide bonds. The number of carboxylic acid groups (broad SMARTS) is 1. The summed E-state index contributed by atoms with van der Waals surface area (Å²) in [5.74, 6) is 2.67. The number of hydrogen-bond acceptors (Lipinski definition) is 28. The Morgan fingerprint density at radius 2 is 0.760 bits per heavy atom. The van der Waals surface area contributed by atoms with Crippen LogP contribution in [0.2, 0.25) is 40.2 Å². The van der Waals surface area contributed by atoms with Crippen molar-refractivity contribution in [3.63, 3.8) is 0 Å². The van der Waals surface area contributed by atoms with Gasteiger partial charge in [-0.05, 0) is 94.3 Å². The topological polar surface area (TPSA) is 503 Å². The summed E-state index contributed by atoms with van der Waals surface area (Å²) >= 11 is 47.1. The molecule has 1 saturated heterocycles. The number of H-pyrrole nitrogens is 3. The van der Waals surface area contributed by atoms with Crippen LogP contribution in [0.1, 0.15) is 154 Å². The van der Waals surface area contributed by atoms with E-state index >= 15 is 0 Å². The van der Waals surface area contributed by atoms with Gasteiger partial charge < -0.3 is 70.4 Å². The Bertz CT molecular complexity index is 4760. The van der Waals surface area contributed by atoms with Crippen molar-refractivity contribution in [2.45, 2.75) is 113 Å². The Kier molecular flexibility index (Phi) is 45.0. The van der Waals surface area contributed by atoms with E-state index in [1.165, 1.54) is 115 Å². The third-order valence-corrected chi connectivity index (χ3v) is 28.2. The average molecular weight is 1910 g/mol. The second kappa shape index (κ2) is 50.7. The first-order valence-corrected chi connectivity index (χ1v) is 44.4. The molecule has 0 unspecified atom stereocenters. The van der Waals surface area contributed by atoms with Gasteiger partial charge >= 0.3 is 28.8 Å².